The van der Waals surface area contributed by atoms with Gasteiger partial charge in [-0.05, 0) is 65.6 Å². The van der Waals surface area contributed by atoms with Gasteiger partial charge in [-0.3, -0.25) is 0 Å². The fraction of sp³-hybridized carbons (Fsp3) is 0.0526. The lowest BCUT2D eigenvalue weighted by molar-refractivity contribution is 1.44. The van der Waals surface area contributed by atoms with Gasteiger partial charge in [-0.1, -0.05) is 24.3 Å². The lowest BCUT2D eigenvalue weighted by Gasteiger charge is -2.13. The van der Waals surface area contributed by atoms with Crippen LogP contribution in [-0.4, -0.2) is 0 Å². The first-order valence-electron chi connectivity index (χ1n) is 7.09. The molecule has 3 heteroatoms. The third kappa shape index (κ3) is 2.49. The molecule has 0 fully saturated rings. The van der Waals surface area contributed by atoms with Crippen molar-refractivity contribution in [2.45, 2.75) is 6.92 Å². The number of nitrogens with two attached hydrogens (primary N) is 3. The summed E-state index contributed by atoms with van der Waals surface area (Å²) in [5.74, 6) is 0. The fourth-order valence-corrected chi connectivity index (χ4v) is 2.52. The third-order valence-corrected chi connectivity index (χ3v) is 3.85. The van der Waals surface area contributed by atoms with Crippen LogP contribution < -0.4 is 17.2 Å². The van der Waals surface area contributed by atoms with E-state index in [2.05, 4.69) is 6.07 Å². The van der Waals surface area contributed by atoms with Crippen molar-refractivity contribution in [1.82, 2.24) is 0 Å². The average molecular weight is 288 g/mol. The van der Waals surface area contributed by atoms with Crippen LogP contribution in [0.2, 0.25) is 0 Å². The van der Waals surface area contributed by atoms with Crippen molar-refractivity contribution in [3.63, 3.8) is 0 Å². The summed E-state index contributed by atoms with van der Waals surface area (Å²) >= 11 is 0. The summed E-state index contributed by atoms with van der Waals surface area (Å²) in [5, 5.41) is 0. The molecule has 0 saturated heterocycles. The molecule has 0 aliphatic carbocycles. The predicted octanol–water partition coefficient (Wildman–Crippen LogP) is 3.88. The van der Waals surface area contributed by atoms with E-state index in [1.165, 1.54) is 0 Å². The minimum atomic E-state index is 0.738. The van der Waals surface area contributed by atoms with E-state index >= 15 is 0 Å². The Kier molecular flexibility index (Phi) is 3.47. The Morgan fingerprint density at radius 3 is 1.77 bits per heavy atom. The number of hydrogen-bond donors (Lipinski definition) is 3. The van der Waals surface area contributed by atoms with Crippen LogP contribution in [0.5, 0.6) is 0 Å². The van der Waals surface area contributed by atoms with Gasteiger partial charge in [0.2, 0.25) is 0 Å². The van der Waals surface area contributed by atoms with Gasteiger partial charge < -0.3 is 17.2 Å². The Morgan fingerprint density at radius 2 is 1.23 bits per heavy atom. The molecule has 3 aromatic carbocycles. The maximum atomic E-state index is 6.34. The zero-order valence-electron chi connectivity index (χ0n) is 12.4. The second-order valence-corrected chi connectivity index (χ2v) is 5.36. The van der Waals surface area contributed by atoms with Crippen molar-refractivity contribution >= 4 is 17.1 Å². The molecule has 3 nitrogen and oxygen atoms in total. The number of rotatable bonds is 2. The second-order valence-electron chi connectivity index (χ2n) is 5.36. The van der Waals surface area contributed by atoms with Crippen LogP contribution in [0.15, 0.2) is 54.6 Å². The topological polar surface area (TPSA) is 78.1 Å². The quantitative estimate of drug-likeness (QED) is 0.626. The molecule has 109 valence electrons. The Labute approximate surface area is 130 Å². The van der Waals surface area contributed by atoms with E-state index in [4.69, 9.17) is 17.2 Å². The highest BCUT2D eigenvalue weighted by molar-refractivity contribution is 5.85. The first kappa shape index (κ1) is 14.0. The summed E-state index contributed by atoms with van der Waals surface area (Å²) in [6.45, 7) is 2.01. The van der Waals surface area contributed by atoms with Gasteiger partial charge in [0.05, 0.1) is 0 Å². The van der Waals surface area contributed by atoms with Crippen LogP contribution in [-0.2, 0) is 0 Å². The van der Waals surface area contributed by atoms with Gasteiger partial charge in [-0.15, -0.1) is 0 Å². The zero-order chi connectivity index (χ0) is 15.7. The fourth-order valence-electron chi connectivity index (χ4n) is 2.52. The summed E-state index contributed by atoms with van der Waals surface area (Å²) in [6.07, 6.45) is 0. The molecule has 0 saturated carbocycles. The normalized spacial score (nSPS) is 10.6. The number of anilines is 3. The van der Waals surface area contributed by atoms with Crippen LogP contribution >= 0.6 is 0 Å². The van der Waals surface area contributed by atoms with Gasteiger partial charge in [0.15, 0.2) is 0 Å². The predicted molar refractivity (Wildman–Crippen MR) is 94.1 cm³/mol. The molecule has 0 amide bonds. The Hall–Kier alpha value is -2.94. The van der Waals surface area contributed by atoms with Crippen molar-refractivity contribution < 1.29 is 0 Å². The van der Waals surface area contributed by atoms with Crippen LogP contribution in [0.25, 0.3) is 22.3 Å². The van der Waals surface area contributed by atoms with E-state index in [1.54, 1.807) is 0 Å². The maximum absolute atomic E-state index is 6.34. The van der Waals surface area contributed by atoms with Crippen LogP contribution in [0.3, 0.4) is 0 Å². The molecule has 22 heavy (non-hydrogen) atoms. The van der Waals surface area contributed by atoms with Gasteiger partial charge in [0.1, 0.15) is 0 Å². The minimum Gasteiger partial charge on any atom is -0.399 e. The molecule has 0 bridgehead atoms. The van der Waals surface area contributed by atoms with Crippen molar-refractivity contribution in [1.29, 1.82) is 0 Å². The Morgan fingerprint density at radius 1 is 0.727 bits per heavy atom. The largest absolute Gasteiger partial charge is 0.399 e. The molecular formula is C19H18N3. The summed E-state index contributed by atoms with van der Waals surface area (Å²) in [6, 6.07) is 20.7. The highest BCUT2D eigenvalue weighted by Crippen LogP contribution is 2.35. The maximum Gasteiger partial charge on any atom is 0.0430 e. The lowest BCUT2D eigenvalue weighted by atomic mass is 9.93. The number of hydrogen-bond acceptors (Lipinski definition) is 3. The second kappa shape index (κ2) is 5.45. The highest BCUT2D eigenvalue weighted by Gasteiger charge is 2.10. The van der Waals surface area contributed by atoms with E-state index in [0.29, 0.717) is 0 Å². The summed E-state index contributed by atoms with van der Waals surface area (Å²) in [5.41, 5.74) is 25.1. The molecule has 0 unspecified atom stereocenters. The van der Waals surface area contributed by atoms with Crippen molar-refractivity contribution in [2.24, 2.45) is 0 Å². The van der Waals surface area contributed by atoms with Crippen molar-refractivity contribution in [3.05, 3.63) is 66.2 Å². The van der Waals surface area contributed by atoms with E-state index in [1.807, 2.05) is 61.5 Å². The van der Waals surface area contributed by atoms with Crippen LogP contribution in [0.1, 0.15) is 5.56 Å². The van der Waals surface area contributed by atoms with Crippen molar-refractivity contribution in [2.75, 3.05) is 17.2 Å². The SMILES string of the molecule is Cc1c(-c2ccc(N)cc2)[c]cc(-c2ccc(N)cc2)c1N. The highest BCUT2D eigenvalue weighted by atomic mass is 14.6. The monoisotopic (exact) mass is 288 g/mol. The summed E-state index contributed by atoms with van der Waals surface area (Å²) in [4.78, 5) is 0. The summed E-state index contributed by atoms with van der Waals surface area (Å²) < 4.78 is 0. The molecule has 6 N–H and O–H groups in total. The molecule has 3 aromatic rings. The first-order valence-corrected chi connectivity index (χ1v) is 7.09. The van der Waals surface area contributed by atoms with E-state index < -0.39 is 0 Å². The lowest BCUT2D eigenvalue weighted by Crippen LogP contribution is -1.97. The summed E-state index contributed by atoms with van der Waals surface area (Å²) in [7, 11) is 0. The first-order chi connectivity index (χ1) is 10.6. The van der Waals surface area contributed by atoms with Crippen molar-refractivity contribution in [3.8, 4) is 22.3 Å². The number of nitrogen functional groups attached to an aromatic ring is 3. The smallest absolute Gasteiger partial charge is 0.0430 e. The standard InChI is InChI=1S/C19H18N3/c1-12-17(13-2-6-15(20)7-3-13)10-11-18(19(12)22)14-4-8-16(21)9-5-14/h2-9,11H,20-22H2,1H3. The van der Waals surface area contributed by atoms with Crippen LogP contribution in [0, 0.1) is 13.0 Å². The van der Waals surface area contributed by atoms with Gasteiger partial charge >= 0.3 is 0 Å². The van der Waals surface area contributed by atoms with Gasteiger partial charge in [-0.25, -0.2) is 0 Å². The van der Waals surface area contributed by atoms with Gasteiger partial charge in [0.25, 0.3) is 0 Å². The molecular weight excluding hydrogens is 270 g/mol. The van der Waals surface area contributed by atoms with E-state index in [9.17, 15) is 0 Å². The third-order valence-electron chi connectivity index (χ3n) is 3.85. The molecule has 0 atom stereocenters. The molecule has 0 heterocycles. The van der Waals surface area contributed by atoms with Gasteiger partial charge in [-0.2, -0.15) is 0 Å². The van der Waals surface area contributed by atoms with E-state index in [0.717, 1.165) is 44.9 Å². The van der Waals surface area contributed by atoms with Gasteiger partial charge in [0, 0.05) is 22.6 Å². The van der Waals surface area contributed by atoms with E-state index in [-0.39, 0.29) is 0 Å². The average Bonchev–Trinajstić information content (AvgIpc) is 2.52. The molecule has 0 aliphatic heterocycles. The Balaban J connectivity index is 2.08. The minimum absolute atomic E-state index is 0.738. The number of benzene rings is 3. The van der Waals surface area contributed by atoms with Crippen LogP contribution in [0.4, 0.5) is 17.1 Å². The molecule has 1 radical (unpaired) electrons. The molecule has 0 aliphatic rings. The zero-order valence-corrected chi connectivity index (χ0v) is 12.4. The molecule has 0 aromatic heterocycles. The molecule has 0 spiro atoms. The molecule has 3 rings (SSSR count). The Bertz CT molecular complexity index is 733.